The van der Waals surface area contributed by atoms with Crippen molar-refractivity contribution in [3.8, 4) is 11.5 Å². The number of nitrogens with zero attached hydrogens (tertiary/aromatic N) is 1. The molecule has 0 radical (unpaired) electrons. The van der Waals surface area contributed by atoms with Gasteiger partial charge in [0.15, 0.2) is 22.9 Å². The molecule has 4 atom stereocenters. The highest BCUT2D eigenvalue weighted by molar-refractivity contribution is 6.30. The number of hydrogen-bond acceptors (Lipinski definition) is 5. The molecule has 37 heavy (non-hydrogen) atoms. The molecule has 2 bridgehead atoms. The summed E-state index contributed by atoms with van der Waals surface area (Å²) in [4.78, 5) is 29.8. The van der Waals surface area contributed by atoms with E-state index < -0.39 is 16.6 Å². The molecular formula is C30H31ClN2O4. The smallest absolute Gasteiger partial charge is 0.244 e. The van der Waals surface area contributed by atoms with Crippen LogP contribution in [-0.4, -0.2) is 52.0 Å². The van der Waals surface area contributed by atoms with E-state index in [2.05, 4.69) is 10.2 Å². The minimum atomic E-state index is -1.14. The number of phenolic OH excluding ortho intramolecular Hbond substituents is 1. The van der Waals surface area contributed by atoms with Gasteiger partial charge in [0.05, 0.1) is 11.0 Å². The van der Waals surface area contributed by atoms with E-state index >= 15 is 0 Å². The second kappa shape index (κ2) is 7.84. The number of Topliss-reactive ketones (excluding diaryl/α,β-unsaturated/α-hetero) is 1. The Morgan fingerprint density at radius 1 is 1.22 bits per heavy atom. The zero-order chi connectivity index (χ0) is 25.6. The van der Waals surface area contributed by atoms with Crippen LogP contribution in [0.5, 0.6) is 11.5 Å². The number of phenols is 1. The molecule has 5 aliphatic rings. The second-order valence-electron chi connectivity index (χ2n) is 11.7. The Morgan fingerprint density at radius 3 is 2.76 bits per heavy atom. The molecule has 2 aliphatic heterocycles. The minimum Gasteiger partial charge on any atom is -0.504 e. The number of amides is 1. The first-order chi connectivity index (χ1) is 17.8. The number of halogens is 1. The van der Waals surface area contributed by atoms with E-state index in [0.29, 0.717) is 36.0 Å². The molecule has 1 amide bonds. The van der Waals surface area contributed by atoms with Crippen molar-refractivity contribution in [2.24, 2.45) is 5.92 Å². The third-order valence-electron chi connectivity index (χ3n) is 9.84. The van der Waals surface area contributed by atoms with E-state index in [1.54, 1.807) is 30.4 Å². The zero-order valence-corrected chi connectivity index (χ0v) is 21.7. The van der Waals surface area contributed by atoms with Crippen molar-refractivity contribution in [1.29, 1.82) is 0 Å². The molecule has 0 unspecified atom stereocenters. The molecule has 2 heterocycles. The van der Waals surface area contributed by atoms with Crippen molar-refractivity contribution in [2.45, 2.75) is 68.0 Å². The van der Waals surface area contributed by atoms with Crippen molar-refractivity contribution in [3.05, 3.63) is 64.2 Å². The normalized spacial score (nSPS) is 33.8. The van der Waals surface area contributed by atoms with Crippen LogP contribution in [0.2, 0.25) is 5.02 Å². The van der Waals surface area contributed by atoms with E-state index in [4.69, 9.17) is 16.3 Å². The van der Waals surface area contributed by atoms with Crippen LogP contribution in [0.25, 0.3) is 6.08 Å². The Balaban J connectivity index is 1.36. The van der Waals surface area contributed by atoms with Gasteiger partial charge in [-0.05, 0) is 86.9 Å². The van der Waals surface area contributed by atoms with Gasteiger partial charge in [-0.25, -0.2) is 0 Å². The van der Waals surface area contributed by atoms with E-state index in [1.807, 2.05) is 25.1 Å². The number of likely N-dealkylation sites (tertiary alicyclic amines) is 1. The second-order valence-corrected chi connectivity index (χ2v) is 12.1. The molecule has 1 spiro atoms. The lowest BCUT2D eigenvalue weighted by Gasteiger charge is -2.67. The number of ketones is 1. The first kappa shape index (κ1) is 23.3. The Bertz CT molecular complexity index is 1350. The fraction of sp³-hybridized carbons (Fsp3) is 0.467. The van der Waals surface area contributed by atoms with Gasteiger partial charge in [0.1, 0.15) is 0 Å². The number of ether oxygens (including phenoxy) is 1. The highest BCUT2D eigenvalue weighted by atomic mass is 35.5. The highest BCUT2D eigenvalue weighted by Gasteiger charge is 2.78. The maximum Gasteiger partial charge on any atom is 0.244 e. The molecule has 2 aromatic rings. The molecule has 6 nitrogen and oxygen atoms in total. The minimum absolute atomic E-state index is 0.0481. The number of benzene rings is 2. The SMILES string of the molecule is C[C@@]12Oc3c(O)ccc4c3[C@@]13CCN(CC1CC1)[C@H](C4)[C@]3(NC(=O)/C=C/c1ccc(Cl)cc1)CCC2=O. The zero-order valence-electron chi connectivity index (χ0n) is 20.9. The highest BCUT2D eigenvalue weighted by Crippen LogP contribution is 2.68. The Kier molecular flexibility index (Phi) is 4.94. The topological polar surface area (TPSA) is 78.9 Å². The van der Waals surface area contributed by atoms with E-state index in [-0.39, 0.29) is 23.5 Å². The lowest BCUT2D eigenvalue weighted by molar-refractivity contribution is -0.165. The number of carbonyl (C=O) groups excluding carboxylic acids is 2. The fourth-order valence-electron chi connectivity index (χ4n) is 8.03. The summed E-state index contributed by atoms with van der Waals surface area (Å²) in [5, 5.41) is 15.0. The Hall–Kier alpha value is -2.83. The molecule has 3 fully saturated rings. The molecule has 0 aromatic heterocycles. The molecule has 2 aromatic carbocycles. The van der Waals surface area contributed by atoms with Crippen LogP contribution in [0.15, 0.2) is 42.5 Å². The maximum absolute atomic E-state index is 13.6. The molecule has 1 saturated heterocycles. The lowest BCUT2D eigenvalue weighted by atomic mass is 9.43. The summed E-state index contributed by atoms with van der Waals surface area (Å²) in [6, 6.07) is 11.1. The van der Waals surface area contributed by atoms with Gasteiger partial charge in [-0.1, -0.05) is 29.8 Å². The van der Waals surface area contributed by atoms with Gasteiger partial charge in [-0.15, -0.1) is 0 Å². The average Bonchev–Trinajstić information content (AvgIpc) is 3.64. The molecule has 192 valence electrons. The fourth-order valence-corrected chi connectivity index (χ4v) is 8.15. The molecule has 2 N–H and O–H groups in total. The van der Waals surface area contributed by atoms with Crippen molar-refractivity contribution in [2.75, 3.05) is 13.1 Å². The lowest BCUT2D eigenvalue weighted by Crippen LogP contribution is -2.84. The van der Waals surface area contributed by atoms with Crippen LogP contribution in [0.1, 0.15) is 55.7 Å². The van der Waals surface area contributed by atoms with Crippen LogP contribution in [0.3, 0.4) is 0 Å². The monoisotopic (exact) mass is 518 g/mol. The van der Waals surface area contributed by atoms with Crippen molar-refractivity contribution in [3.63, 3.8) is 0 Å². The third kappa shape index (κ3) is 3.09. The molecular weight excluding hydrogens is 488 g/mol. The summed E-state index contributed by atoms with van der Waals surface area (Å²) < 4.78 is 6.49. The van der Waals surface area contributed by atoms with Gasteiger partial charge in [0.2, 0.25) is 5.91 Å². The third-order valence-corrected chi connectivity index (χ3v) is 10.1. The van der Waals surface area contributed by atoms with Crippen molar-refractivity contribution < 1.29 is 19.4 Å². The quantitative estimate of drug-likeness (QED) is 0.573. The largest absolute Gasteiger partial charge is 0.504 e. The molecule has 2 saturated carbocycles. The number of aromatic hydroxyl groups is 1. The number of nitrogens with one attached hydrogen (secondary N) is 1. The van der Waals surface area contributed by atoms with Gasteiger partial charge in [-0.3, -0.25) is 14.5 Å². The van der Waals surface area contributed by atoms with Gasteiger partial charge in [0.25, 0.3) is 0 Å². The van der Waals surface area contributed by atoms with Gasteiger partial charge in [0, 0.05) is 35.7 Å². The summed E-state index contributed by atoms with van der Waals surface area (Å²) in [7, 11) is 0. The van der Waals surface area contributed by atoms with Crippen LogP contribution in [-0.2, 0) is 21.4 Å². The van der Waals surface area contributed by atoms with Crippen LogP contribution >= 0.6 is 11.6 Å². The summed E-state index contributed by atoms with van der Waals surface area (Å²) in [5.74, 6) is 1.08. The molecule has 3 aliphatic carbocycles. The predicted molar refractivity (Wildman–Crippen MR) is 141 cm³/mol. The summed E-state index contributed by atoms with van der Waals surface area (Å²) >= 11 is 6.02. The average molecular weight is 519 g/mol. The van der Waals surface area contributed by atoms with Gasteiger partial charge in [-0.2, -0.15) is 0 Å². The standard InChI is InChI=1S/C30H31ClN2O4/c1-28-24(35)12-13-30(32-25(36)11-6-18-4-8-21(31)9-5-18)23-16-20-7-10-22(34)27(37-28)26(20)29(28,30)14-15-33(23)17-19-2-3-19/h4-11,19,23,34H,2-3,12-17H2,1H3,(H,32,36)/b11-6+/t23-,28+,29+,30-/m1/s1. The number of rotatable bonds is 5. The van der Waals surface area contributed by atoms with E-state index in [9.17, 15) is 14.7 Å². The predicted octanol–water partition coefficient (Wildman–Crippen LogP) is 4.41. The molecule has 7 rings (SSSR count). The number of hydrogen-bond donors (Lipinski definition) is 2. The summed E-state index contributed by atoms with van der Waals surface area (Å²) in [6.45, 7) is 3.76. The molecule has 7 heteroatoms. The summed E-state index contributed by atoms with van der Waals surface area (Å²) in [6.07, 6.45) is 8.23. The van der Waals surface area contributed by atoms with Crippen molar-refractivity contribution >= 4 is 29.4 Å². The van der Waals surface area contributed by atoms with Gasteiger partial charge < -0.3 is 15.2 Å². The number of piperidine rings is 1. The maximum atomic E-state index is 13.6. The number of carbonyl (C=O) groups is 2. The van der Waals surface area contributed by atoms with Crippen LogP contribution in [0, 0.1) is 5.92 Å². The van der Waals surface area contributed by atoms with Crippen LogP contribution in [0.4, 0.5) is 0 Å². The Labute approximate surface area is 221 Å². The Morgan fingerprint density at radius 2 is 2.00 bits per heavy atom. The van der Waals surface area contributed by atoms with Gasteiger partial charge >= 0.3 is 0 Å². The first-order valence-corrected chi connectivity index (χ1v) is 13.7. The summed E-state index contributed by atoms with van der Waals surface area (Å²) in [5.41, 5.74) is 0.394. The van der Waals surface area contributed by atoms with E-state index in [1.165, 1.54) is 12.8 Å². The van der Waals surface area contributed by atoms with Crippen molar-refractivity contribution in [1.82, 2.24) is 10.2 Å². The van der Waals surface area contributed by atoms with Crippen LogP contribution < -0.4 is 10.1 Å². The first-order valence-electron chi connectivity index (χ1n) is 13.3. The van der Waals surface area contributed by atoms with E-state index in [0.717, 1.165) is 36.2 Å².